The Balaban J connectivity index is 0.000000300. The van der Waals surface area contributed by atoms with E-state index in [1.807, 2.05) is 60.7 Å². The topological polar surface area (TPSA) is 58.2 Å². The number of rotatable bonds is 2. The number of fused-ring (bicyclic) bond motifs is 2. The lowest BCUT2D eigenvalue weighted by atomic mass is 9.67. The van der Waals surface area contributed by atoms with Crippen LogP contribution in [-0.2, 0) is 21.4 Å². The van der Waals surface area contributed by atoms with E-state index < -0.39 is 5.41 Å². The molecule has 0 radical (unpaired) electrons. The molecule has 0 bridgehead atoms. The molecule has 1 spiro atoms. The molecule has 3 aromatic carbocycles. The van der Waals surface area contributed by atoms with Crippen LogP contribution in [0, 0.1) is 0 Å². The molecule has 1 saturated heterocycles. The minimum atomic E-state index is -0.793. The Labute approximate surface area is 197 Å². The fourth-order valence-corrected chi connectivity index (χ4v) is 4.92. The van der Waals surface area contributed by atoms with Crippen LogP contribution in [0.25, 0.3) is 0 Å². The van der Waals surface area contributed by atoms with Crippen molar-refractivity contribution in [2.45, 2.75) is 37.6 Å². The van der Waals surface area contributed by atoms with Gasteiger partial charge in [-0.2, -0.15) is 0 Å². The second-order valence-corrected chi connectivity index (χ2v) is 8.84. The van der Waals surface area contributed by atoms with Crippen molar-refractivity contribution in [3.63, 3.8) is 0 Å². The van der Waals surface area contributed by atoms with E-state index in [9.17, 15) is 9.59 Å². The summed E-state index contributed by atoms with van der Waals surface area (Å²) in [6.07, 6.45) is 1.66. The molecular weight excluding hydrogens is 443 g/mol. The second kappa shape index (κ2) is 9.35. The van der Waals surface area contributed by atoms with Gasteiger partial charge >= 0.3 is 0 Å². The first-order chi connectivity index (χ1) is 15.5. The van der Waals surface area contributed by atoms with Gasteiger partial charge in [0.25, 0.3) is 0 Å². The molecule has 2 aliphatic heterocycles. The van der Waals surface area contributed by atoms with Crippen molar-refractivity contribution in [3.05, 3.63) is 99.5 Å². The molecule has 3 aromatic rings. The first kappa shape index (κ1) is 22.4. The van der Waals surface area contributed by atoms with Crippen LogP contribution in [-0.4, -0.2) is 11.8 Å². The zero-order chi connectivity index (χ0) is 22.7. The van der Waals surface area contributed by atoms with Crippen molar-refractivity contribution in [1.29, 1.82) is 0 Å². The summed E-state index contributed by atoms with van der Waals surface area (Å²) in [5, 5.41) is 7.45. The lowest BCUT2D eigenvalue weighted by Crippen LogP contribution is -2.52. The first-order valence-corrected chi connectivity index (χ1v) is 11.4. The summed E-state index contributed by atoms with van der Waals surface area (Å²) >= 11 is 11.6. The number of nitrogens with one attached hydrogen (secondary N) is 2. The summed E-state index contributed by atoms with van der Waals surface area (Å²) in [4.78, 5) is 25.3. The fourth-order valence-electron chi connectivity index (χ4n) is 4.61. The molecule has 32 heavy (non-hydrogen) atoms. The predicted molar refractivity (Wildman–Crippen MR) is 129 cm³/mol. The predicted octanol–water partition coefficient (Wildman–Crippen LogP) is 6.08. The highest BCUT2D eigenvalue weighted by atomic mass is 35.5. The van der Waals surface area contributed by atoms with Crippen LogP contribution in [0.1, 0.15) is 42.5 Å². The summed E-state index contributed by atoms with van der Waals surface area (Å²) in [5.41, 5.74) is 3.02. The van der Waals surface area contributed by atoms with Gasteiger partial charge in [-0.15, -0.1) is 0 Å². The third-order valence-corrected chi connectivity index (χ3v) is 6.63. The van der Waals surface area contributed by atoms with Crippen molar-refractivity contribution >= 4 is 40.7 Å². The molecule has 2 heterocycles. The SMILES string of the molecule is CCc1ccccc1[C@H]1NC(=O)CC[C@]12C(=O)Nc1cc(Cl)ccc12.Clc1ccccc1. The third kappa shape index (κ3) is 4.13. The molecule has 0 saturated carbocycles. The van der Waals surface area contributed by atoms with Gasteiger partial charge in [-0.3, -0.25) is 9.59 Å². The van der Waals surface area contributed by atoms with Crippen molar-refractivity contribution in [1.82, 2.24) is 5.32 Å². The number of hydrogen-bond acceptors (Lipinski definition) is 2. The zero-order valence-corrected chi connectivity index (χ0v) is 19.2. The minimum absolute atomic E-state index is 0.0169. The number of halogens is 2. The standard InChI is InChI=1S/C20H19ClN2O2.C6H5Cl/c1-2-12-5-3-4-6-14(12)18-20(10-9-17(24)23-18)15-8-7-13(21)11-16(15)22-19(20)25;7-6-4-2-1-3-5-6/h3-8,11,18H,2,9-10H2,1H3,(H,22,25)(H,23,24);1-5H/t18-,20-;/m1./s1. The number of hydrogen-bond donors (Lipinski definition) is 2. The van der Waals surface area contributed by atoms with Crippen molar-refractivity contribution in [3.8, 4) is 0 Å². The normalized spacial score (nSPS) is 21.3. The summed E-state index contributed by atoms with van der Waals surface area (Å²) in [7, 11) is 0. The molecule has 4 nitrogen and oxygen atoms in total. The van der Waals surface area contributed by atoms with E-state index >= 15 is 0 Å². The Morgan fingerprint density at radius 1 is 0.938 bits per heavy atom. The summed E-state index contributed by atoms with van der Waals surface area (Å²) in [5.74, 6) is -0.0857. The van der Waals surface area contributed by atoms with Gasteiger partial charge in [0.05, 0.1) is 6.04 Å². The van der Waals surface area contributed by atoms with Gasteiger partial charge in [-0.1, -0.05) is 78.7 Å². The highest BCUT2D eigenvalue weighted by molar-refractivity contribution is 6.31. The highest BCUT2D eigenvalue weighted by Crippen LogP contribution is 2.51. The molecule has 1 fully saturated rings. The van der Waals surface area contributed by atoms with Gasteiger partial charge in [0.2, 0.25) is 11.8 Å². The van der Waals surface area contributed by atoms with Gasteiger partial charge in [-0.25, -0.2) is 0 Å². The number of piperidine rings is 1. The van der Waals surface area contributed by atoms with Crippen LogP contribution < -0.4 is 10.6 Å². The Hall–Kier alpha value is -2.82. The molecular formula is C26H24Cl2N2O2. The first-order valence-electron chi connectivity index (χ1n) is 10.6. The maximum Gasteiger partial charge on any atom is 0.237 e. The van der Waals surface area contributed by atoms with Gasteiger partial charge < -0.3 is 10.6 Å². The van der Waals surface area contributed by atoms with E-state index in [0.717, 1.165) is 33.8 Å². The minimum Gasteiger partial charge on any atom is -0.348 e. The van der Waals surface area contributed by atoms with Crippen LogP contribution in [0.4, 0.5) is 5.69 Å². The number of aryl methyl sites for hydroxylation is 1. The highest BCUT2D eigenvalue weighted by Gasteiger charge is 2.55. The molecule has 6 heteroatoms. The van der Waals surface area contributed by atoms with Gasteiger partial charge in [0, 0.05) is 22.2 Å². The molecule has 0 aliphatic carbocycles. The van der Waals surface area contributed by atoms with E-state index in [1.54, 1.807) is 6.07 Å². The summed E-state index contributed by atoms with van der Waals surface area (Å²) in [6.45, 7) is 2.08. The smallest absolute Gasteiger partial charge is 0.237 e. The Bertz CT molecular complexity index is 1150. The van der Waals surface area contributed by atoms with Gasteiger partial charge in [0.15, 0.2) is 0 Å². The van der Waals surface area contributed by atoms with E-state index in [4.69, 9.17) is 23.2 Å². The molecule has 0 unspecified atom stereocenters. The Kier molecular flexibility index (Phi) is 6.54. The molecule has 2 atom stereocenters. The Morgan fingerprint density at radius 2 is 1.66 bits per heavy atom. The van der Waals surface area contributed by atoms with Crippen LogP contribution >= 0.6 is 23.2 Å². The maximum atomic E-state index is 13.1. The Morgan fingerprint density at radius 3 is 2.34 bits per heavy atom. The fraction of sp³-hybridized carbons (Fsp3) is 0.231. The molecule has 164 valence electrons. The summed E-state index contributed by atoms with van der Waals surface area (Å²) in [6, 6.07) is 22.6. The molecule has 2 amide bonds. The van der Waals surface area contributed by atoms with Crippen LogP contribution in [0.3, 0.4) is 0 Å². The van der Waals surface area contributed by atoms with E-state index in [0.29, 0.717) is 17.9 Å². The van der Waals surface area contributed by atoms with Crippen molar-refractivity contribution in [2.75, 3.05) is 5.32 Å². The molecule has 2 N–H and O–H groups in total. The largest absolute Gasteiger partial charge is 0.348 e. The van der Waals surface area contributed by atoms with Crippen LogP contribution in [0.5, 0.6) is 0 Å². The molecule has 5 rings (SSSR count). The average molecular weight is 467 g/mol. The number of anilines is 1. The maximum absolute atomic E-state index is 13.1. The van der Waals surface area contributed by atoms with E-state index in [1.165, 1.54) is 0 Å². The van der Waals surface area contributed by atoms with Crippen molar-refractivity contribution in [2.24, 2.45) is 0 Å². The van der Waals surface area contributed by atoms with Crippen LogP contribution in [0.15, 0.2) is 72.8 Å². The van der Waals surface area contributed by atoms with E-state index in [2.05, 4.69) is 23.6 Å². The van der Waals surface area contributed by atoms with E-state index in [-0.39, 0.29) is 17.9 Å². The molecule has 2 aliphatic rings. The summed E-state index contributed by atoms with van der Waals surface area (Å²) < 4.78 is 0. The quantitative estimate of drug-likeness (QED) is 0.480. The lowest BCUT2D eigenvalue weighted by Gasteiger charge is -2.41. The number of benzene rings is 3. The zero-order valence-electron chi connectivity index (χ0n) is 17.7. The van der Waals surface area contributed by atoms with Gasteiger partial charge in [-0.05, 0) is 53.8 Å². The number of carbonyl (C=O) groups excluding carboxylic acids is 2. The molecule has 0 aromatic heterocycles. The van der Waals surface area contributed by atoms with Gasteiger partial charge in [0.1, 0.15) is 5.41 Å². The lowest BCUT2D eigenvalue weighted by molar-refractivity contribution is -0.130. The van der Waals surface area contributed by atoms with Crippen molar-refractivity contribution < 1.29 is 9.59 Å². The average Bonchev–Trinajstić information content (AvgIpc) is 3.07. The monoisotopic (exact) mass is 466 g/mol. The third-order valence-electron chi connectivity index (χ3n) is 6.14. The second-order valence-electron chi connectivity index (χ2n) is 7.96. The number of carbonyl (C=O) groups is 2. The van der Waals surface area contributed by atoms with Crippen LogP contribution in [0.2, 0.25) is 10.0 Å². The number of amides is 2.